The van der Waals surface area contributed by atoms with Crippen LogP contribution in [-0.4, -0.2) is 31.4 Å². The summed E-state index contributed by atoms with van der Waals surface area (Å²) in [5.74, 6) is 1.85. The molecule has 0 atom stereocenters. The Morgan fingerprint density at radius 2 is 2.22 bits per heavy atom. The van der Waals surface area contributed by atoms with E-state index in [1.54, 1.807) is 7.05 Å². The van der Waals surface area contributed by atoms with Crippen LogP contribution in [0.2, 0.25) is 0 Å². The molecule has 0 heterocycles. The zero-order valence-corrected chi connectivity index (χ0v) is 12.0. The van der Waals surface area contributed by atoms with Crippen molar-refractivity contribution in [2.24, 2.45) is 0 Å². The minimum Gasteiger partial charge on any atom is -0.378 e. The van der Waals surface area contributed by atoms with Gasteiger partial charge in [0.05, 0.1) is 12.7 Å². The van der Waals surface area contributed by atoms with Crippen LogP contribution in [0.5, 0.6) is 0 Å². The number of amides is 1. The molecular weight excluding hydrogens is 246 g/mol. The van der Waals surface area contributed by atoms with Gasteiger partial charge in [0.15, 0.2) is 0 Å². The normalized spacial score (nSPS) is 10.7. The van der Waals surface area contributed by atoms with Gasteiger partial charge in [0.1, 0.15) is 0 Å². The molecule has 0 fully saturated rings. The van der Waals surface area contributed by atoms with E-state index in [9.17, 15) is 4.79 Å². The molecule has 0 saturated heterocycles. The van der Waals surface area contributed by atoms with Crippen molar-refractivity contribution in [1.29, 1.82) is 0 Å². The van der Waals surface area contributed by atoms with Gasteiger partial charge in [-0.3, -0.25) is 4.79 Å². The van der Waals surface area contributed by atoms with Crippen molar-refractivity contribution in [3.05, 3.63) is 35.4 Å². The summed E-state index contributed by atoms with van der Waals surface area (Å²) in [5, 5.41) is 2.63. The van der Waals surface area contributed by atoms with Gasteiger partial charge in [-0.15, -0.1) is 0 Å². The molecule has 0 bridgehead atoms. The van der Waals surface area contributed by atoms with Crippen molar-refractivity contribution in [2.45, 2.75) is 25.7 Å². The zero-order valence-electron chi connectivity index (χ0n) is 11.2. The lowest BCUT2D eigenvalue weighted by molar-refractivity contribution is 0.0920. The highest BCUT2D eigenvalue weighted by atomic mass is 32.2. The number of benzene rings is 1. The molecule has 0 aliphatic heterocycles. The second kappa shape index (κ2) is 8.16. The van der Waals surface area contributed by atoms with Crippen molar-refractivity contribution in [1.82, 2.24) is 5.32 Å². The lowest BCUT2D eigenvalue weighted by Gasteiger charge is -2.07. The maximum absolute atomic E-state index is 11.5. The first-order chi connectivity index (χ1) is 8.63. The first-order valence-corrected chi connectivity index (χ1v) is 7.29. The number of nitrogens with one attached hydrogen (secondary N) is 1. The highest BCUT2D eigenvalue weighted by Gasteiger charge is 2.03. The Bertz CT molecular complexity index is 380. The predicted octanol–water partition coefficient (Wildman–Crippen LogP) is 2.70. The highest BCUT2D eigenvalue weighted by molar-refractivity contribution is 7.98. The monoisotopic (exact) mass is 267 g/mol. The minimum absolute atomic E-state index is 0.0370. The lowest BCUT2D eigenvalue weighted by atomic mass is 10.1. The third-order valence-electron chi connectivity index (χ3n) is 2.36. The number of rotatable bonds is 7. The van der Waals surface area contributed by atoms with Gasteiger partial charge < -0.3 is 10.1 Å². The van der Waals surface area contributed by atoms with Crippen molar-refractivity contribution >= 4 is 17.7 Å². The maximum Gasteiger partial charge on any atom is 0.251 e. The lowest BCUT2D eigenvalue weighted by Crippen LogP contribution is -2.17. The van der Waals surface area contributed by atoms with Crippen LogP contribution in [0.1, 0.15) is 29.8 Å². The molecule has 0 radical (unpaired) electrons. The van der Waals surface area contributed by atoms with E-state index >= 15 is 0 Å². The molecule has 1 aromatic carbocycles. The minimum atomic E-state index is -0.0370. The van der Waals surface area contributed by atoms with Gasteiger partial charge in [-0.25, -0.2) is 0 Å². The molecule has 0 aliphatic rings. The number of carbonyl (C=O) groups is 1. The summed E-state index contributed by atoms with van der Waals surface area (Å²) >= 11 is 1.82. The Balaban J connectivity index is 2.36. The fourth-order valence-corrected chi connectivity index (χ4v) is 2.25. The van der Waals surface area contributed by atoms with E-state index in [1.165, 1.54) is 5.56 Å². The standard InChI is InChI=1S/C14H21NO2S/c1-11(2)17-7-8-18-10-12-5-4-6-13(9-12)14(16)15-3/h4-6,9,11H,7-8,10H2,1-3H3,(H,15,16). The molecule has 4 heteroatoms. The van der Waals surface area contributed by atoms with Gasteiger partial charge in [-0.2, -0.15) is 11.8 Å². The molecule has 18 heavy (non-hydrogen) atoms. The van der Waals surface area contributed by atoms with Crippen molar-refractivity contribution in [3.63, 3.8) is 0 Å². The quantitative estimate of drug-likeness (QED) is 0.772. The first-order valence-electron chi connectivity index (χ1n) is 6.14. The molecule has 0 aromatic heterocycles. The average Bonchev–Trinajstić information content (AvgIpc) is 2.37. The van der Waals surface area contributed by atoms with Crippen LogP contribution in [-0.2, 0) is 10.5 Å². The molecule has 1 amide bonds. The number of carbonyl (C=O) groups excluding carboxylic acids is 1. The summed E-state index contributed by atoms with van der Waals surface area (Å²) in [6, 6.07) is 7.73. The number of ether oxygens (including phenoxy) is 1. The second-order valence-electron chi connectivity index (χ2n) is 4.25. The van der Waals surface area contributed by atoms with E-state index in [-0.39, 0.29) is 5.91 Å². The highest BCUT2D eigenvalue weighted by Crippen LogP contribution is 2.14. The maximum atomic E-state index is 11.5. The zero-order chi connectivity index (χ0) is 13.4. The summed E-state index contributed by atoms with van der Waals surface area (Å²) in [5.41, 5.74) is 1.89. The Morgan fingerprint density at radius 3 is 2.89 bits per heavy atom. The predicted molar refractivity (Wildman–Crippen MR) is 77.1 cm³/mol. The SMILES string of the molecule is CNC(=O)c1cccc(CSCCOC(C)C)c1. The van der Waals surface area contributed by atoms with E-state index < -0.39 is 0 Å². The largest absolute Gasteiger partial charge is 0.378 e. The molecule has 0 spiro atoms. The molecule has 0 saturated carbocycles. The summed E-state index contributed by atoms with van der Waals surface area (Å²) in [7, 11) is 1.65. The van der Waals surface area contributed by atoms with Crippen molar-refractivity contribution in [3.8, 4) is 0 Å². The number of hydrogen-bond acceptors (Lipinski definition) is 3. The summed E-state index contributed by atoms with van der Waals surface area (Å²) in [6.07, 6.45) is 0.294. The van der Waals surface area contributed by atoms with Crippen LogP contribution in [0.25, 0.3) is 0 Å². The third kappa shape index (κ3) is 5.56. The Morgan fingerprint density at radius 1 is 1.44 bits per heavy atom. The molecule has 1 rings (SSSR count). The van der Waals surface area contributed by atoms with E-state index in [1.807, 2.05) is 49.9 Å². The van der Waals surface area contributed by atoms with E-state index in [2.05, 4.69) is 5.32 Å². The fourth-order valence-electron chi connectivity index (χ4n) is 1.48. The molecule has 1 N–H and O–H groups in total. The molecule has 100 valence electrons. The molecule has 0 aliphatic carbocycles. The van der Waals surface area contributed by atoms with Crippen LogP contribution < -0.4 is 5.32 Å². The van der Waals surface area contributed by atoms with Gasteiger partial charge in [0, 0.05) is 24.1 Å². The molecule has 1 aromatic rings. The first kappa shape index (κ1) is 15.1. The van der Waals surface area contributed by atoms with Crippen LogP contribution in [0.15, 0.2) is 24.3 Å². The Labute approximate surface area is 113 Å². The van der Waals surface area contributed by atoms with Crippen LogP contribution in [0.4, 0.5) is 0 Å². The fraction of sp³-hybridized carbons (Fsp3) is 0.500. The molecule has 0 unspecified atom stereocenters. The summed E-state index contributed by atoms with van der Waals surface area (Å²) < 4.78 is 5.47. The van der Waals surface area contributed by atoms with Crippen molar-refractivity contribution in [2.75, 3.05) is 19.4 Å². The molecule has 3 nitrogen and oxygen atoms in total. The van der Waals surface area contributed by atoms with Crippen LogP contribution in [0, 0.1) is 0 Å². The third-order valence-corrected chi connectivity index (χ3v) is 3.36. The van der Waals surface area contributed by atoms with Gasteiger partial charge in [-0.1, -0.05) is 12.1 Å². The number of thioether (sulfide) groups is 1. The Hall–Kier alpha value is -1.00. The van der Waals surface area contributed by atoms with Gasteiger partial charge in [-0.05, 0) is 31.5 Å². The summed E-state index contributed by atoms with van der Waals surface area (Å²) in [4.78, 5) is 11.5. The van der Waals surface area contributed by atoms with E-state index in [4.69, 9.17) is 4.74 Å². The smallest absolute Gasteiger partial charge is 0.251 e. The topological polar surface area (TPSA) is 38.3 Å². The van der Waals surface area contributed by atoms with E-state index in [0.717, 1.165) is 18.1 Å². The van der Waals surface area contributed by atoms with Crippen molar-refractivity contribution < 1.29 is 9.53 Å². The van der Waals surface area contributed by atoms with Crippen LogP contribution >= 0.6 is 11.8 Å². The summed E-state index contributed by atoms with van der Waals surface area (Å²) in [6.45, 7) is 4.85. The van der Waals surface area contributed by atoms with E-state index in [0.29, 0.717) is 11.7 Å². The van der Waals surface area contributed by atoms with Gasteiger partial charge >= 0.3 is 0 Å². The molecular formula is C14H21NO2S. The van der Waals surface area contributed by atoms with Gasteiger partial charge in [0.2, 0.25) is 0 Å². The van der Waals surface area contributed by atoms with Crippen LogP contribution in [0.3, 0.4) is 0 Å². The van der Waals surface area contributed by atoms with Gasteiger partial charge in [0.25, 0.3) is 5.91 Å². The second-order valence-corrected chi connectivity index (χ2v) is 5.36. The average molecular weight is 267 g/mol. The number of hydrogen-bond donors (Lipinski definition) is 1. The Kier molecular flexibility index (Phi) is 6.83.